The van der Waals surface area contributed by atoms with Crippen LogP contribution in [0.5, 0.6) is 0 Å². The molecule has 5 heteroatoms. The molecule has 2 rings (SSSR count). The Bertz CT molecular complexity index is 474. The van der Waals surface area contributed by atoms with Gasteiger partial charge in [-0.25, -0.2) is 4.39 Å². The molecule has 1 aromatic carbocycles. The lowest BCUT2D eigenvalue weighted by molar-refractivity contribution is 0.290. The van der Waals surface area contributed by atoms with Gasteiger partial charge in [-0.2, -0.15) is 8.42 Å². The molecule has 1 aliphatic rings. The molecule has 0 atom stereocenters. The fraction of sp³-hybridized carbons (Fsp3) is 0.455. The number of benzene rings is 1. The lowest BCUT2D eigenvalue weighted by Gasteiger charge is -2.05. The third-order valence-electron chi connectivity index (χ3n) is 2.88. The first kappa shape index (κ1) is 11.5. The quantitative estimate of drug-likeness (QED) is 0.827. The van der Waals surface area contributed by atoms with Crippen molar-refractivity contribution in [3.63, 3.8) is 0 Å². The molecule has 1 aliphatic carbocycles. The fourth-order valence-electron chi connectivity index (χ4n) is 1.58. The van der Waals surface area contributed by atoms with Gasteiger partial charge in [0.15, 0.2) is 0 Å². The zero-order valence-electron chi connectivity index (χ0n) is 8.69. The van der Waals surface area contributed by atoms with Crippen LogP contribution in [0.25, 0.3) is 0 Å². The van der Waals surface area contributed by atoms with Gasteiger partial charge in [0, 0.05) is 0 Å². The SMILES string of the molecule is O=S(=O)(O)c1ccc(CCC2(F)CC2)cc1. The molecule has 16 heavy (non-hydrogen) atoms. The van der Waals surface area contributed by atoms with Gasteiger partial charge in [0.05, 0.1) is 4.90 Å². The van der Waals surface area contributed by atoms with E-state index in [0.29, 0.717) is 25.7 Å². The predicted molar refractivity (Wildman–Crippen MR) is 57.7 cm³/mol. The van der Waals surface area contributed by atoms with E-state index in [1.54, 1.807) is 12.1 Å². The van der Waals surface area contributed by atoms with Crippen molar-refractivity contribution >= 4 is 10.1 Å². The molecular formula is C11H13FO3S. The molecular weight excluding hydrogens is 231 g/mol. The maximum Gasteiger partial charge on any atom is 0.294 e. The van der Waals surface area contributed by atoms with E-state index in [4.69, 9.17) is 4.55 Å². The summed E-state index contributed by atoms with van der Waals surface area (Å²) in [5.41, 5.74) is -0.0989. The summed E-state index contributed by atoms with van der Waals surface area (Å²) < 4.78 is 43.6. The molecule has 0 aliphatic heterocycles. The first-order chi connectivity index (χ1) is 7.39. The van der Waals surface area contributed by atoms with Crippen molar-refractivity contribution in [3.8, 4) is 0 Å². The summed E-state index contributed by atoms with van der Waals surface area (Å²) in [7, 11) is -4.12. The minimum Gasteiger partial charge on any atom is -0.282 e. The summed E-state index contributed by atoms with van der Waals surface area (Å²) in [5.74, 6) is 0. The molecule has 1 fully saturated rings. The second kappa shape index (κ2) is 3.82. The van der Waals surface area contributed by atoms with Gasteiger partial charge in [-0.15, -0.1) is 0 Å². The van der Waals surface area contributed by atoms with Gasteiger partial charge in [-0.3, -0.25) is 4.55 Å². The van der Waals surface area contributed by atoms with Crippen LogP contribution in [0.1, 0.15) is 24.8 Å². The van der Waals surface area contributed by atoms with Crippen molar-refractivity contribution in [2.45, 2.75) is 36.2 Å². The second-order valence-electron chi connectivity index (χ2n) is 4.27. The summed E-state index contributed by atoms with van der Waals surface area (Å²) in [6.07, 6.45) is 2.35. The molecule has 0 amide bonds. The second-order valence-corrected chi connectivity index (χ2v) is 5.69. The van der Waals surface area contributed by atoms with Crippen molar-refractivity contribution in [1.29, 1.82) is 0 Å². The minimum atomic E-state index is -4.12. The van der Waals surface area contributed by atoms with Gasteiger partial charge in [0.1, 0.15) is 5.67 Å². The smallest absolute Gasteiger partial charge is 0.282 e. The Labute approximate surface area is 94.0 Å². The van der Waals surface area contributed by atoms with Crippen LogP contribution in [-0.2, 0) is 16.5 Å². The molecule has 0 unspecified atom stereocenters. The molecule has 0 saturated heterocycles. The summed E-state index contributed by atoms with van der Waals surface area (Å²) >= 11 is 0. The van der Waals surface area contributed by atoms with Crippen molar-refractivity contribution in [1.82, 2.24) is 0 Å². The minimum absolute atomic E-state index is 0.127. The largest absolute Gasteiger partial charge is 0.294 e. The number of hydrogen-bond acceptors (Lipinski definition) is 2. The Balaban J connectivity index is 2.02. The first-order valence-corrected chi connectivity index (χ1v) is 6.58. The molecule has 1 aromatic rings. The van der Waals surface area contributed by atoms with Gasteiger partial charge < -0.3 is 0 Å². The van der Waals surface area contributed by atoms with E-state index in [-0.39, 0.29) is 4.90 Å². The molecule has 0 heterocycles. The molecule has 3 nitrogen and oxygen atoms in total. The normalized spacial score (nSPS) is 18.4. The third-order valence-corrected chi connectivity index (χ3v) is 3.74. The Morgan fingerprint density at radius 3 is 2.25 bits per heavy atom. The zero-order chi connectivity index (χ0) is 11.8. The summed E-state index contributed by atoms with van der Waals surface area (Å²) in [5, 5.41) is 0. The third kappa shape index (κ3) is 2.80. The molecule has 1 N–H and O–H groups in total. The highest BCUT2D eigenvalue weighted by molar-refractivity contribution is 7.85. The lowest BCUT2D eigenvalue weighted by atomic mass is 10.1. The molecule has 0 radical (unpaired) electrons. The highest BCUT2D eigenvalue weighted by Gasteiger charge is 2.42. The Kier molecular flexibility index (Phi) is 2.75. The van der Waals surface area contributed by atoms with E-state index >= 15 is 0 Å². The van der Waals surface area contributed by atoms with Gasteiger partial charge in [-0.05, 0) is 43.4 Å². The Hall–Kier alpha value is -0.940. The molecule has 1 saturated carbocycles. The van der Waals surface area contributed by atoms with Gasteiger partial charge in [-0.1, -0.05) is 12.1 Å². The van der Waals surface area contributed by atoms with E-state index in [1.165, 1.54) is 12.1 Å². The van der Waals surface area contributed by atoms with Crippen molar-refractivity contribution in [3.05, 3.63) is 29.8 Å². The van der Waals surface area contributed by atoms with Crippen LogP contribution in [0, 0.1) is 0 Å². The molecule has 0 bridgehead atoms. The van der Waals surface area contributed by atoms with E-state index < -0.39 is 15.8 Å². The Morgan fingerprint density at radius 1 is 1.25 bits per heavy atom. The van der Waals surface area contributed by atoms with Gasteiger partial charge in [0.2, 0.25) is 0 Å². The van der Waals surface area contributed by atoms with E-state index in [0.717, 1.165) is 5.56 Å². The summed E-state index contributed by atoms with van der Waals surface area (Å²) in [6.45, 7) is 0. The topological polar surface area (TPSA) is 54.4 Å². The standard InChI is InChI=1S/C11H13FO3S/c12-11(7-8-11)6-5-9-1-3-10(4-2-9)16(13,14)15/h1-4H,5-8H2,(H,13,14,15). The molecule has 0 aromatic heterocycles. The highest BCUT2D eigenvalue weighted by atomic mass is 32.2. The maximum absolute atomic E-state index is 13.3. The van der Waals surface area contributed by atoms with E-state index in [1.807, 2.05) is 0 Å². The monoisotopic (exact) mass is 244 g/mol. The van der Waals surface area contributed by atoms with Crippen LogP contribution in [0.3, 0.4) is 0 Å². The number of halogens is 1. The molecule has 0 spiro atoms. The summed E-state index contributed by atoms with van der Waals surface area (Å²) in [4.78, 5) is -0.127. The molecule has 88 valence electrons. The van der Waals surface area contributed by atoms with Crippen molar-refractivity contribution < 1.29 is 17.4 Å². The number of alkyl halides is 1. The van der Waals surface area contributed by atoms with E-state index in [9.17, 15) is 12.8 Å². The van der Waals surface area contributed by atoms with Crippen molar-refractivity contribution in [2.75, 3.05) is 0 Å². The Morgan fingerprint density at radius 2 is 1.81 bits per heavy atom. The van der Waals surface area contributed by atoms with Crippen LogP contribution >= 0.6 is 0 Å². The van der Waals surface area contributed by atoms with Gasteiger partial charge in [0.25, 0.3) is 10.1 Å². The average molecular weight is 244 g/mol. The average Bonchev–Trinajstić information content (AvgIpc) is 2.94. The lowest BCUT2D eigenvalue weighted by Crippen LogP contribution is -2.02. The highest BCUT2D eigenvalue weighted by Crippen LogP contribution is 2.43. The van der Waals surface area contributed by atoms with Crippen LogP contribution < -0.4 is 0 Å². The van der Waals surface area contributed by atoms with Crippen LogP contribution in [0.2, 0.25) is 0 Å². The number of aryl methyl sites for hydroxylation is 1. The van der Waals surface area contributed by atoms with Crippen molar-refractivity contribution in [2.24, 2.45) is 0 Å². The predicted octanol–water partition coefficient (Wildman–Crippen LogP) is 2.37. The van der Waals surface area contributed by atoms with Gasteiger partial charge >= 0.3 is 0 Å². The summed E-state index contributed by atoms with van der Waals surface area (Å²) in [6, 6.07) is 5.88. The fourth-order valence-corrected chi connectivity index (χ4v) is 2.06. The van der Waals surface area contributed by atoms with Crippen LogP contribution in [0.4, 0.5) is 4.39 Å². The number of hydrogen-bond donors (Lipinski definition) is 1. The van der Waals surface area contributed by atoms with Crippen LogP contribution in [-0.4, -0.2) is 18.6 Å². The zero-order valence-corrected chi connectivity index (χ0v) is 9.50. The number of rotatable bonds is 4. The van der Waals surface area contributed by atoms with Crippen LogP contribution in [0.15, 0.2) is 29.2 Å². The van der Waals surface area contributed by atoms with E-state index in [2.05, 4.69) is 0 Å². The maximum atomic E-state index is 13.3. The first-order valence-electron chi connectivity index (χ1n) is 5.14.